The van der Waals surface area contributed by atoms with Crippen LogP contribution in [0.15, 0.2) is 109 Å². The molecular weight excluding hydrogens is 453 g/mol. The van der Waals surface area contributed by atoms with Crippen molar-refractivity contribution in [2.45, 2.75) is 19.3 Å². The molecule has 0 amide bonds. The summed E-state index contributed by atoms with van der Waals surface area (Å²) in [4.78, 5) is 0. The molecule has 0 radical (unpaired) electrons. The Morgan fingerprint density at radius 3 is 2.00 bits per heavy atom. The van der Waals surface area contributed by atoms with Gasteiger partial charge in [-0.25, -0.2) is 0 Å². The van der Waals surface area contributed by atoms with Gasteiger partial charge in [0, 0.05) is 21.9 Å². The van der Waals surface area contributed by atoms with Crippen LogP contribution in [0, 0.1) is 0 Å². The Balaban J connectivity index is 1.39. The van der Waals surface area contributed by atoms with Crippen molar-refractivity contribution in [2.75, 3.05) is 0 Å². The van der Waals surface area contributed by atoms with Gasteiger partial charge in [-0.05, 0) is 75.2 Å². The fourth-order valence-electron chi connectivity index (χ4n) is 6.10. The van der Waals surface area contributed by atoms with Crippen LogP contribution in [0.25, 0.3) is 49.7 Å². The third-order valence-electron chi connectivity index (χ3n) is 8.02. The van der Waals surface area contributed by atoms with E-state index in [0.717, 1.165) is 16.8 Å². The Morgan fingerprint density at radius 1 is 0.595 bits per heavy atom. The quantitative estimate of drug-likeness (QED) is 0.287. The molecule has 37 heavy (non-hydrogen) atoms. The number of benzene rings is 5. The van der Waals surface area contributed by atoms with E-state index in [-0.39, 0.29) is 5.41 Å². The topological polar surface area (TPSA) is 45.4 Å². The highest BCUT2D eigenvalue weighted by Gasteiger charge is 2.36. The fourth-order valence-corrected chi connectivity index (χ4v) is 6.10. The summed E-state index contributed by atoms with van der Waals surface area (Å²) in [5.41, 5.74) is 11.0. The van der Waals surface area contributed by atoms with Gasteiger partial charge in [0.2, 0.25) is 0 Å². The van der Waals surface area contributed by atoms with Crippen LogP contribution >= 0.6 is 0 Å². The van der Waals surface area contributed by atoms with E-state index in [4.69, 9.17) is 0 Å². The lowest BCUT2D eigenvalue weighted by atomic mass is 9.75. The Hall–Kier alpha value is -4.12. The second kappa shape index (κ2) is 7.94. The molecular formula is C33H26BNO2. The molecule has 1 aliphatic rings. The molecule has 178 valence electrons. The summed E-state index contributed by atoms with van der Waals surface area (Å²) in [7, 11) is -1.47. The van der Waals surface area contributed by atoms with Crippen molar-refractivity contribution < 1.29 is 10.0 Å². The Bertz CT molecular complexity index is 1830. The maximum absolute atomic E-state index is 9.73. The maximum atomic E-state index is 9.73. The zero-order valence-corrected chi connectivity index (χ0v) is 20.8. The molecule has 3 nitrogen and oxygen atoms in total. The molecule has 0 aliphatic heterocycles. The zero-order chi connectivity index (χ0) is 25.3. The third kappa shape index (κ3) is 3.23. The summed E-state index contributed by atoms with van der Waals surface area (Å²) in [5, 5.41) is 21.9. The summed E-state index contributed by atoms with van der Waals surface area (Å²) in [6.07, 6.45) is 0. The van der Waals surface area contributed by atoms with E-state index < -0.39 is 7.12 Å². The van der Waals surface area contributed by atoms with Crippen LogP contribution in [0.5, 0.6) is 0 Å². The first-order chi connectivity index (χ1) is 17.9. The number of para-hydroxylation sites is 2. The van der Waals surface area contributed by atoms with Gasteiger partial charge in [0.05, 0.1) is 11.0 Å². The molecule has 4 heteroatoms. The van der Waals surface area contributed by atoms with Gasteiger partial charge in [0.15, 0.2) is 0 Å². The van der Waals surface area contributed by atoms with Gasteiger partial charge in [0.1, 0.15) is 0 Å². The number of rotatable bonds is 3. The Labute approximate surface area is 216 Å². The molecule has 1 heterocycles. The average Bonchev–Trinajstić information content (AvgIpc) is 3.37. The smallest absolute Gasteiger partial charge is 0.423 e. The third-order valence-corrected chi connectivity index (χ3v) is 8.02. The van der Waals surface area contributed by atoms with Crippen molar-refractivity contribution in [2.24, 2.45) is 0 Å². The molecule has 0 saturated heterocycles. The van der Waals surface area contributed by atoms with E-state index in [1.165, 1.54) is 44.1 Å². The van der Waals surface area contributed by atoms with Gasteiger partial charge in [-0.15, -0.1) is 0 Å². The van der Waals surface area contributed by atoms with E-state index in [1.807, 2.05) is 12.1 Å². The van der Waals surface area contributed by atoms with E-state index in [1.54, 1.807) is 6.07 Å². The minimum absolute atomic E-state index is 0.237. The zero-order valence-electron chi connectivity index (χ0n) is 20.8. The second-order valence-corrected chi connectivity index (χ2v) is 10.5. The van der Waals surface area contributed by atoms with Gasteiger partial charge in [-0.2, -0.15) is 0 Å². The number of nitrogens with zero attached hydrogens (tertiary/aromatic N) is 1. The Morgan fingerprint density at radius 2 is 1.22 bits per heavy atom. The normalized spacial score (nSPS) is 13.6. The number of hydrogen-bond acceptors (Lipinski definition) is 2. The summed E-state index contributed by atoms with van der Waals surface area (Å²) in [5.74, 6) is 0. The van der Waals surface area contributed by atoms with Crippen molar-refractivity contribution in [3.8, 4) is 27.9 Å². The lowest BCUT2D eigenvalue weighted by Gasteiger charge is -2.22. The predicted octanol–water partition coefficient (Wildman–Crippen LogP) is 6.44. The molecule has 2 N–H and O–H groups in total. The predicted molar refractivity (Wildman–Crippen MR) is 154 cm³/mol. The molecule has 0 bridgehead atoms. The van der Waals surface area contributed by atoms with Gasteiger partial charge >= 0.3 is 7.12 Å². The monoisotopic (exact) mass is 479 g/mol. The van der Waals surface area contributed by atoms with E-state index in [9.17, 15) is 10.0 Å². The van der Waals surface area contributed by atoms with Crippen LogP contribution < -0.4 is 5.46 Å². The number of fused-ring (bicyclic) bond motifs is 6. The van der Waals surface area contributed by atoms with Crippen molar-refractivity contribution >= 4 is 34.4 Å². The highest BCUT2D eigenvalue weighted by atomic mass is 16.4. The average molecular weight is 479 g/mol. The first-order valence-corrected chi connectivity index (χ1v) is 12.7. The maximum Gasteiger partial charge on any atom is 0.488 e. The van der Waals surface area contributed by atoms with Gasteiger partial charge in [-0.3, -0.25) is 0 Å². The van der Waals surface area contributed by atoms with Gasteiger partial charge < -0.3 is 14.6 Å². The van der Waals surface area contributed by atoms with Crippen LogP contribution in [0.3, 0.4) is 0 Å². The van der Waals surface area contributed by atoms with E-state index in [0.29, 0.717) is 5.46 Å². The lowest BCUT2D eigenvalue weighted by molar-refractivity contribution is 0.425. The van der Waals surface area contributed by atoms with Crippen LogP contribution in [-0.4, -0.2) is 21.7 Å². The summed E-state index contributed by atoms with van der Waals surface area (Å²) in [6, 6.07) is 38.4. The number of hydrogen-bond donors (Lipinski definition) is 2. The molecule has 0 saturated carbocycles. The molecule has 6 aromatic rings. The first kappa shape index (κ1) is 22.1. The fraction of sp³-hybridized carbons (Fsp3) is 0.0909. The molecule has 1 aliphatic carbocycles. The molecule has 7 rings (SSSR count). The molecule has 5 aromatic carbocycles. The van der Waals surface area contributed by atoms with E-state index >= 15 is 0 Å². The lowest BCUT2D eigenvalue weighted by Crippen LogP contribution is -2.31. The van der Waals surface area contributed by atoms with Crippen LogP contribution in [0.4, 0.5) is 0 Å². The Kier molecular flexibility index (Phi) is 4.75. The second-order valence-electron chi connectivity index (χ2n) is 10.5. The molecule has 0 fully saturated rings. The van der Waals surface area contributed by atoms with E-state index in [2.05, 4.69) is 109 Å². The van der Waals surface area contributed by atoms with Crippen molar-refractivity contribution in [3.05, 3.63) is 120 Å². The van der Waals surface area contributed by atoms with Gasteiger partial charge in [-0.1, -0.05) is 86.6 Å². The highest BCUT2D eigenvalue weighted by molar-refractivity contribution is 6.58. The largest absolute Gasteiger partial charge is 0.488 e. The summed E-state index contributed by atoms with van der Waals surface area (Å²) < 4.78 is 2.34. The molecule has 1 aromatic heterocycles. The van der Waals surface area contributed by atoms with Crippen molar-refractivity contribution in [3.63, 3.8) is 0 Å². The van der Waals surface area contributed by atoms with Crippen LogP contribution in [0.1, 0.15) is 25.0 Å². The molecule has 0 atom stereocenters. The van der Waals surface area contributed by atoms with Crippen LogP contribution in [0.2, 0.25) is 0 Å². The SMILES string of the molecule is CC1(C)c2cc(B(O)O)ccc2-c2ccc(-c3ccc4c(c3)c3ccccc3n4-c3ccccc3)cc21. The molecule has 0 unspecified atom stereocenters. The highest BCUT2D eigenvalue weighted by Crippen LogP contribution is 2.49. The minimum atomic E-state index is -1.47. The van der Waals surface area contributed by atoms with Crippen molar-refractivity contribution in [1.29, 1.82) is 0 Å². The number of aromatic nitrogens is 1. The minimum Gasteiger partial charge on any atom is -0.423 e. The first-order valence-electron chi connectivity index (χ1n) is 12.7. The van der Waals surface area contributed by atoms with Crippen molar-refractivity contribution in [1.82, 2.24) is 4.57 Å². The standard InChI is InChI=1S/C33H26BNO2/c1-33(2)29-19-22(12-15-25(29)26-16-14-23(34(36)37)20-30(26)33)21-13-17-32-28(18-21)27-10-6-7-11-31(27)35(32)24-8-4-3-5-9-24/h3-20,36-37H,1-2H3. The van der Waals surface area contributed by atoms with Crippen LogP contribution in [-0.2, 0) is 5.41 Å². The van der Waals surface area contributed by atoms with Gasteiger partial charge in [0.25, 0.3) is 0 Å². The summed E-state index contributed by atoms with van der Waals surface area (Å²) >= 11 is 0. The molecule has 0 spiro atoms. The summed E-state index contributed by atoms with van der Waals surface area (Å²) in [6.45, 7) is 4.43.